The van der Waals surface area contributed by atoms with E-state index in [1.54, 1.807) is 16.9 Å². The van der Waals surface area contributed by atoms with E-state index in [0.29, 0.717) is 31.4 Å². The maximum absolute atomic E-state index is 17.9. The second kappa shape index (κ2) is 8.47. The molecular formula is C30H33F2N3O4S. The zero-order chi connectivity index (χ0) is 28.2. The molecule has 4 fully saturated rings. The Bertz CT molecular complexity index is 1460. The van der Waals surface area contributed by atoms with Gasteiger partial charge >= 0.3 is 5.97 Å². The summed E-state index contributed by atoms with van der Waals surface area (Å²) < 4.78 is 39.0. The topological polar surface area (TPSA) is 94.3 Å². The summed E-state index contributed by atoms with van der Waals surface area (Å²) in [5, 5.41) is 15.8. The van der Waals surface area contributed by atoms with E-state index in [0.717, 1.165) is 29.7 Å². The minimum Gasteiger partial charge on any atom is -0.449 e. The van der Waals surface area contributed by atoms with Crippen molar-refractivity contribution >= 4 is 29.8 Å². The van der Waals surface area contributed by atoms with Crippen LogP contribution in [-0.4, -0.2) is 48.3 Å². The number of rotatable bonds is 4. The lowest BCUT2D eigenvalue weighted by molar-refractivity contribution is -0.229. The van der Waals surface area contributed by atoms with Gasteiger partial charge in [0.15, 0.2) is 5.60 Å². The largest absolute Gasteiger partial charge is 0.449 e. The number of carbonyl (C=O) groups excluding carboxylic acids is 2. The van der Waals surface area contributed by atoms with Crippen LogP contribution in [0.2, 0.25) is 0 Å². The van der Waals surface area contributed by atoms with Crippen molar-refractivity contribution in [1.82, 2.24) is 14.8 Å². The number of aromatic nitrogens is 3. The number of hydrogen-bond donors (Lipinski definition) is 2. The molecule has 5 aliphatic carbocycles. The molecule has 0 aliphatic heterocycles. The Hall–Kier alpha value is -2.59. The van der Waals surface area contributed by atoms with Crippen LogP contribution in [0.4, 0.5) is 8.78 Å². The van der Waals surface area contributed by atoms with E-state index in [9.17, 15) is 19.1 Å². The summed E-state index contributed by atoms with van der Waals surface area (Å²) in [4.78, 5) is 29.6. The first-order chi connectivity index (χ1) is 18.9. The summed E-state index contributed by atoms with van der Waals surface area (Å²) in [6.07, 6.45) is 7.53. The highest BCUT2D eigenvalue weighted by Gasteiger charge is 2.75. The van der Waals surface area contributed by atoms with Gasteiger partial charge in [0, 0.05) is 16.7 Å². The Morgan fingerprint density at radius 3 is 2.60 bits per heavy atom. The van der Waals surface area contributed by atoms with Crippen LogP contribution in [0.3, 0.4) is 0 Å². The molecule has 0 radical (unpaired) electrons. The number of esters is 1. The van der Waals surface area contributed by atoms with Crippen molar-refractivity contribution in [3.8, 4) is 5.69 Å². The van der Waals surface area contributed by atoms with E-state index < -0.39 is 45.2 Å². The number of fused-ring (bicyclic) bond motifs is 6. The van der Waals surface area contributed by atoms with Gasteiger partial charge in [0.05, 0.1) is 35.8 Å². The highest BCUT2D eigenvalue weighted by Crippen LogP contribution is 2.71. The van der Waals surface area contributed by atoms with E-state index in [1.807, 2.05) is 19.9 Å². The number of halogens is 2. The molecule has 212 valence electrons. The van der Waals surface area contributed by atoms with E-state index >= 15 is 4.39 Å². The summed E-state index contributed by atoms with van der Waals surface area (Å²) in [5.74, 6) is -1.92. The lowest BCUT2D eigenvalue weighted by Crippen LogP contribution is -2.70. The van der Waals surface area contributed by atoms with Crippen LogP contribution in [0.15, 0.2) is 30.1 Å². The second-order valence-electron chi connectivity index (χ2n) is 13.0. The number of ether oxygens (including phenoxy) is 1. The van der Waals surface area contributed by atoms with Crippen molar-refractivity contribution in [2.75, 3.05) is 0 Å². The fourth-order valence-electron chi connectivity index (χ4n) is 8.88. The number of nitrogens with zero attached hydrogens (tertiary/aromatic N) is 3. The molecule has 0 saturated heterocycles. The molecule has 0 aromatic carbocycles. The summed E-state index contributed by atoms with van der Waals surface area (Å²) in [5.41, 5.74) is -2.15. The first-order valence-electron chi connectivity index (χ1n) is 14.2. The van der Waals surface area contributed by atoms with Crippen molar-refractivity contribution < 1.29 is 28.2 Å². The zero-order valence-electron chi connectivity index (χ0n) is 22.6. The smallest absolute Gasteiger partial charge is 0.309 e. The molecular weight excluding hydrogens is 536 g/mol. The van der Waals surface area contributed by atoms with Gasteiger partial charge < -0.3 is 9.84 Å². The number of carbonyl (C=O) groups is 2. The SMILES string of the molecule is C[C@]12Cc3cnn(-c4ccc(F)nc4)c3C=C1CC[C@H]1[C@@H]3CC[C@](OC(=O)C4CC4)(C(=O)S)[C@@]3(C)C[C@H](O)[C@@]12F. The first kappa shape index (κ1) is 26.3. The van der Waals surface area contributed by atoms with Crippen LogP contribution in [-0.2, 0) is 20.7 Å². The van der Waals surface area contributed by atoms with E-state index in [1.165, 1.54) is 12.3 Å². The molecule has 2 aromatic heterocycles. The number of pyridine rings is 1. The third-order valence-corrected chi connectivity index (χ3v) is 11.5. The van der Waals surface area contributed by atoms with Gasteiger partial charge in [-0.1, -0.05) is 19.4 Å². The fourth-order valence-corrected chi connectivity index (χ4v) is 9.29. The number of alkyl halides is 1. The number of allylic oxidation sites excluding steroid dienone is 1. The summed E-state index contributed by atoms with van der Waals surface area (Å²) in [6, 6.07) is 2.88. The molecule has 5 aliphatic rings. The molecule has 0 spiro atoms. The summed E-state index contributed by atoms with van der Waals surface area (Å²) >= 11 is 4.21. The molecule has 7 rings (SSSR count). The molecule has 7 nitrogen and oxygen atoms in total. The first-order valence-corrected chi connectivity index (χ1v) is 14.6. The third-order valence-electron chi connectivity index (χ3n) is 11.2. The highest BCUT2D eigenvalue weighted by atomic mass is 32.1. The number of aliphatic hydroxyl groups excluding tert-OH is 1. The molecule has 2 heterocycles. The van der Waals surface area contributed by atoms with Crippen LogP contribution >= 0.6 is 12.6 Å². The molecule has 4 saturated carbocycles. The number of hydrogen-bond acceptors (Lipinski definition) is 6. The molecule has 1 N–H and O–H groups in total. The van der Waals surface area contributed by atoms with Crippen molar-refractivity contribution in [1.29, 1.82) is 0 Å². The molecule has 10 heteroatoms. The maximum Gasteiger partial charge on any atom is 0.309 e. The number of aliphatic hydroxyl groups is 1. The minimum atomic E-state index is -1.95. The molecule has 0 amide bonds. The molecule has 7 atom stereocenters. The van der Waals surface area contributed by atoms with E-state index in [4.69, 9.17) is 4.74 Å². The molecule has 2 aromatic rings. The van der Waals surface area contributed by atoms with Gasteiger partial charge in [-0.25, -0.2) is 14.1 Å². The Balaban J connectivity index is 1.26. The van der Waals surface area contributed by atoms with Crippen molar-refractivity contribution in [2.24, 2.45) is 28.6 Å². The Labute approximate surface area is 236 Å². The van der Waals surface area contributed by atoms with Crippen LogP contribution in [0, 0.1) is 34.5 Å². The third kappa shape index (κ3) is 3.26. The molecule has 0 bridgehead atoms. The summed E-state index contributed by atoms with van der Waals surface area (Å²) in [7, 11) is 0. The van der Waals surface area contributed by atoms with Crippen molar-refractivity contribution in [3.63, 3.8) is 0 Å². The second-order valence-corrected chi connectivity index (χ2v) is 13.4. The zero-order valence-corrected chi connectivity index (χ0v) is 23.5. The van der Waals surface area contributed by atoms with Gasteiger partial charge in [0.1, 0.15) is 5.67 Å². The lowest BCUT2D eigenvalue weighted by atomic mass is 9.44. The van der Waals surface area contributed by atoms with Gasteiger partial charge in [0.2, 0.25) is 11.1 Å². The van der Waals surface area contributed by atoms with Crippen LogP contribution in [0.5, 0.6) is 0 Å². The Morgan fingerprint density at radius 1 is 1.15 bits per heavy atom. The maximum atomic E-state index is 17.9. The molecule has 40 heavy (non-hydrogen) atoms. The normalized spacial score (nSPS) is 39.9. The minimum absolute atomic E-state index is 0.00511. The lowest BCUT2D eigenvalue weighted by Gasteiger charge is -2.63. The average Bonchev–Trinajstić information content (AvgIpc) is 3.63. The predicted octanol–water partition coefficient (Wildman–Crippen LogP) is 4.80. The van der Waals surface area contributed by atoms with Gasteiger partial charge in [-0.15, -0.1) is 12.6 Å². The predicted molar refractivity (Wildman–Crippen MR) is 145 cm³/mol. The van der Waals surface area contributed by atoms with Gasteiger partial charge in [-0.2, -0.15) is 9.49 Å². The van der Waals surface area contributed by atoms with E-state index in [-0.39, 0.29) is 30.6 Å². The van der Waals surface area contributed by atoms with Crippen molar-refractivity contribution in [3.05, 3.63) is 47.3 Å². The van der Waals surface area contributed by atoms with Crippen molar-refractivity contribution in [2.45, 2.75) is 82.6 Å². The van der Waals surface area contributed by atoms with Gasteiger partial charge in [-0.05, 0) is 81.1 Å². The average molecular weight is 570 g/mol. The monoisotopic (exact) mass is 569 g/mol. The van der Waals surface area contributed by atoms with Crippen LogP contribution < -0.4 is 0 Å². The highest BCUT2D eigenvalue weighted by molar-refractivity contribution is 7.96. The fraction of sp³-hybridized carbons (Fsp3) is 0.600. The Kier molecular flexibility index (Phi) is 5.57. The summed E-state index contributed by atoms with van der Waals surface area (Å²) in [6.45, 7) is 3.78. The van der Waals surface area contributed by atoms with E-state index in [2.05, 4.69) is 22.7 Å². The van der Waals surface area contributed by atoms with Gasteiger partial charge in [-0.3, -0.25) is 9.59 Å². The standard InChI is InChI=1S/C30H33F2N3O4S/c1-27-12-17-14-34-35(19-6-8-24(31)33-15-19)22(17)11-18(27)5-7-21-20-9-10-29(26(38)40,39-25(37)16-3-4-16)28(20,2)13-23(36)30(21,27)32/h6,8,11,14-16,20-21,23,36H,3-5,7,9-10,12-13H2,1-2H3,(H,38,40)/t20-,21-,23-,27-,28-,29-,30-/m0/s1. The van der Waals surface area contributed by atoms with Crippen LogP contribution in [0.25, 0.3) is 11.8 Å². The van der Waals surface area contributed by atoms with Crippen LogP contribution in [0.1, 0.15) is 70.1 Å². The Morgan fingerprint density at radius 2 is 1.93 bits per heavy atom. The number of thiol groups is 1. The van der Waals surface area contributed by atoms with Gasteiger partial charge in [0.25, 0.3) is 0 Å². The molecule has 0 unspecified atom stereocenters. The quantitative estimate of drug-likeness (QED) is 0.312.